The van der Waals surface area contributed by atoms with Gasteiger partial charge in [0, 0.05) is 11.1 Å². The second-order valence-electron chi connectivity index (χ2n) is 14.7. The Bertz CT molecular complexity index is 1100. The van der Waals surface area contributed by atoms with Crippen LogP contribution in [-0.2, 0) is 16.4 Å². The van der Waals surface area contributed by atoms with E-state index in [-0.39, 0.29) is 28.0 Å². The molecule has 1 aromatic rings. The summed E-state index contributed by atoms with van der Waals surface area (Å²) in [6, 6.07) is 0. The van der Waals surface area contributed by atoms with Gasteiger partial charge in [0.05, 0.1) is 12.3 Å². The second kappa shape index (κ2) is 8.46. The first-order valence-electron chi connectivity index (χ1n) is 14.0. The molecule has 4 aliphatic carbocycles. The Morgan fingerprint density at radius 3 is 2.25 bits per heavy atom. The standard InChI is InChI=1S/C29H47N4O2P/c1-26(2,3)32-36(35,33-27(4,5)6)25-24-18(17-30-31-25)15-23-21-10-9-19-16-20(34)11-13-28(19,7)22(21)12-14-29(23,24)8/h9,17,20-23,34H,10-16H2,1-8H3,(H2,32,33,35)/t20-,21+,22-,23-,28-,29-/m0/s1. The lowest BCUT2D eigenvalue weighted by molar-refractivity contribution is -0.0161. The van der Waals surface area contributed by atoms with Crippen molar-refractivity contribution in [3.05, 3.63) is 29.0 Å². The topological polar surface area (TPSA) is 87.1 Å². The first-order valence-corrected chi connectivity index (χ1v) is 15.7. The summed E-state index contributed by atoms with van der Waals surface area (Å²) < 4.78 is 14.8. The highest BCUT2D eigenvalue weighted by Gasteiger charge is 2.59. The summed E-state index contributed by atoms with van der Waals surface area (Å²) in [7, 11) is -3.26. The Labute approximate surface area is 218 Å². The number of hydrogen-bond donors (Lipinski definition) is 3. The van der Waals surface area contributed by atoms with Crippen molar-refractivity contribution in [1.82, 2.24) is 20.4 Å². The van der Waals surface area contributed by atoms with E-state index in [1.54, 1.807) is 0 Å². The molecular weight excluding hydrogens is 467 g/mol. The zero-order valence-corrected chi connectivity index (χ0v) is 24.5. The fourth-order valence-corrected chi connectivity index (χ4v) is 11.4. The molecule has 0 radical (unpaired) electrons. The minimum absolute atomic E-state index is 0.0630. The van der Waals surface area contributed by atoms with Crippen LogP contribution in [0.1, 0.15) is 105 Å². The van der Waals surface area contributed by atoms with Crippen molar-refractivity contribution in [1.29, 1.82) is 0 Å². The Hall–Kier alpha value is -1.07. The van der Waals surface area contributed by atoms with Gasteiger partial charge in [0.25, 0.3) is 7.44 Å². The van der Waals surface area contributed by atoms with E-state index in [2.05, 4.69) is 81.8 Å². The molecule has 5 rings (SSSR count). The SMILES string of the molecule is CC(C)(C)NP(=O)(NC(C)(C)C)c1nncc2c1[C@@]1(C)CC[C@H]3[C@@H](CC=C4C[C@@H](O)CC[C@@]43C)[C@@H]1C2. The molecule has 200 valence electrons. The van der Waals surface area contributed by atoms with Gasteiger partial charge < -0.3 is 5.11 Å². The fourth-order valence-electron chi connectivity index (χ4n) is 8.37. The molecule has 0 amide bonds. The third-order valence-corrected chi connectivity index (χ3v) is 12.6. The number of nitrogens with one attached hydrogen (secondary N) is 2. The molecule has 0 aromatic carbocycles. The molecule has 3 N–H and O–H groups in total. The molecular formula is C29H47N4O2P. The largest absolute Gasteiger partial charge is 0.393 e. The maximum absolute atomic E-state index is 14.8. The number of aliphatic hydroxyl groups excluding tert-OH is 1. The van der Waals surface area contributed by atoms with Crippen molar-refractivity contribution in [2.24, 2.45) is 23.2 Å². The highest BCUT2D eigenvalue weighted by molar-refractivity contribution is 7.67. The van der Waals surface area contributed by atoms with Gasteiger partial charge in [-0.3, -0.25) is 4.57 Å². The molecule has 6 nitrogen and oxygen atoms in total. The molecule has 1 aromatic heterocycles. The Morgan fingerprint density at radius 1 is 0.972 bits per heavy atom. The van der Waals surface area contributed by atoms with Crippen molar-refractivity contribution in [3.63, 3.8) is 0 Å². The van der Waals surface area contributed by atoms with E-state index in [0.29, 0.717) is 23.2 Å². The summed E-state index contributed by atoms with van der Waals surface area (Å²) >= 11 is 0. The summed E-state index contributed by atoms with van der Waals surface area (Å²) in [4.78, 5) is 0. The zero-order chi connectivity index (χ0) is 26.3. The Balaban J connectivity index is 1.57. The van der Waals surface area contributed by atoms with E-state index < -0.39 is 7.44 Å². The summed E-state index contributed by atoms with van der Waals surface area (Å²) in [6.45, 7) is 17.2. The third kappa shape index (κ3) is 4.34. The van der Waals surface area contributed by atoms with Gasteiger partial charge in [0.2, 0.25) is 0 Å². The van der Waals surface area contributed by atoms with Gasteiger partial charge >= 0.3 is 0 Å². The monoisotopic (exact) mass is 514 g/mol. The van der Waals surface area contributed by atoms with Gasteiger partial charge in [-0.15, -0.1) is 5.10 Å². The summed E-state index contributed by atoms with van der Waals surface area (Å²) in [5, 5.41) is 26.3. The quantitative estimate of drug-likeness (QED) is 0.369. The van der Waals surface area contributed by atoms with Gasteiger partial charge in [-0.1, -0.05) is 25.5 Å². The predicted octanol–water partition coefficient (Wildman–Crippen LogP) is 5.41. The van der Waals surface area contributed by atoms with Crippen molar-refractivity contribution >= 4 is 12.9 Å². The van der Waals surface area contributed by atoms with Crippen molar-refractivity contribution in [2.45, 2.75) is 123 Å². The van der Waals surface area contributed by atoms with Gasteiger partial charge in [0.15, 0.2) is 5.44 Å². The molecule has 1 heterocycles. The third-order valence-electron chi connectivity index (χ3n) is 9.67. The first-order chi connectivity index (χ1) is 16.6. The van der Waals surface area contributed by atoms with Crippen molar-refractivity contribution in [2.75, 3.05) is 0 Å². The molecule has 7 heteroatoms. The molecule has 0 aliphatic heterocycles. The van der Waals surface area contributed by atoms with E-state index in [4.69, 9.17) is 0 Å². The number of allylic oxidation sites excluding steroid dienone is 1. The van der Waals surface area contributed by atoms with Crippen molar-refractivity contribution < 1.29 is 9.67 Å². The van der Waals surface area contributed by atoms with Crippen LogP contribution < -0.4 is 15.6 Å². The smallest absolute Gasteiger partial charge is 0.261 e. The Kier molecular flexibility index (Phi) is 6.24. The average molecular weight is 515 g/mol. The van der Waals surface area contributed by atoms with Crippen LogP contribution in [0.5, 0.6) is 0 Å². The average Bonchev–Trinajstić information content (AvgIpc) is 3.04. The molecule has 4 aliphatic rings. The minimum atomic E-state index is -3.26. The molecule has 2 fully saturated rings. The van der Waals surface area contributed by atoms with E-state index in [9.17, 15) is 9.67 Å². The van der Waals surface area contributed by atoms with Gasteiger partial charge in [-0.2, -0.15) is 5.10 Å². The summed E-state index contributed by atoms with van der Waals surface area (Å²) in [5.41, 5.74) is 4.02. The predicted molar refractivity (Wildman–Crippen MR) is 146 cm³/mol. The van der Waals surface area contributed by atoms with Crippen LogP contribution in [0.15, 0.2) is 17.8 Å². The second-order valence-corrected chi connectivity index (χ2v) is 16.8. The van der Waals surface area contributed by atoms with Crippen LogP contribution in [0.2, 0.25) is 0 Å². The van der Waals surface area contributed by atoms with Crippen LogP contribution in [0.3, 0.4) is 0 Å². The maximum atomic E-state index is 14.8. The van der Waals surface area contributed by atoms with E-state index in [0.717, 1.165) is 38.5 Å². The molecule has 0 bridgehead atoms. The number of hydrogen-bond acceptors (Lipinski definition) is 4. The number of fused-ring (bicyclic) bond motifs is 7. The van der Waals surface area contributed by atoms with Gasteiger partial charge in [-0.05, 0) is 126 Å². The molecule has 0 saturated heterocycles. The molecule has 0 spiro atoms. The van der Waals surface area contributed by atoms with Gasteiger partial charge in [-0.25, -0.2) is 10.2 Å². The van der Waals surface area contributed by atoms with Crippen LogP contribution in [0.25, 0.3) is 0 Å². The Morgan fingerprint density at radius 2 is 1.61 bits per heavy atom. The number of aromatic nitrogens is 2. The minimum Gasteiger partial charge on any atom is -0.393 e. The highest BCUT2D eigenvalue weighted by Crippen LogP contribution is 2.64. The van der Waals surface area contributed by atoms with Crippen molar-refractivity contribution in [3.8, 4) is 0 Å². The molecule has 6 atom stereocenters. The van der Waals surface area contributed by atoms with E-state index in [1.807, 2.05) is 6.20 Å². The lowest BCUT2D eigenvalue weighted by Gasteiger charge is -2.57. The molecule has 2 saturated carbocycles. The lowest BCUT2D eigenvalue weighted by Crippen LogP contribution is -2.53. The van der Waals surface area contributed by atoms with Crippen LogP contribution in [-0.4, -0.2) is 32.5 Å². The highest BCUT2D eigenvalue weighted by atomic mass is 31.2. The van der Waals surface area contributed by atoms with Crippen LogP contribution in [0, 0.1) is 23.2 Å². The number of aliphatic hydroxyl groups is 1. The molecule has 0 unspecified atom stereocenters. The van der Waals surface area contributed by atoms with Crippen LogP contribution >= 0.6 is 7.44 Å². The normalized spacial score (nSPS) is 36.4. The van der Waals surface area contributed by atoms with E-state index in [1.165, 1.54) is 23.1 Å². The first kappa shape index (κ1) is 26.5. The number of nitrogens with zero attached hydrogens (tertiary/aromatic N) is 2. The zero-order valence-electron chi connectivity index (χ0n) is 23.6. The summed E-state index contributed by atoms with van der Waals surface area (Å²) in [6.07, 6.45) is 11.4. The summed E-state index contributed by atoms with van der Waals surface area (Å²) in [5.74, 6) is 1.74. The van der Waals surface area contributed by atoms with Crippen LogP contribution in [0.4, 0.5) is 0 Å². The van der Waals surface area contributed by atoms with E-state index >= 15 is 0 Å². The van der Waals surface area contributed by atoms with Gasteiger partial charge in [0.1, 0.15) is 0 Å². The number of rotatable bonds is 3. The fraction of sp³-hybridized carbons (Fsp3) is 0.793. The molecule has 36 heavy (non-hydrogen) atoms. The maximum Gasteiger partial charge on any atom is 0.261 e. The lowest BCUT2D eigenvalue weighted by atomic mass is 9.47.